The predicted molar refractivity (Wildman–Crippen MR) is 127 cm³/mol. The molecule has 148 valence electrons. The maximum atomic E-state index is 6.17. The lowest BCUT2D eigenvalue weighted by molar-refractivity contribution is 0.795. The highest BCUT2D eigenvalue weighted by Gasteiger charge is 2.07. The third-order valence-electron chi connectivity index (χ3n) is 4.60. The highest BCUT2D eigenvalue weighted by Crippen LogP contribution is 2.22. The predicted octanol–water partition coefficient (Wildman–Crippen LogP) is 4.60. The smallest absolute Gasteiger partial charge is 0.193 e. The molecule has 0 radical (unpaired) electrons. The number of hydrogen-bond donors (Lipinski definition) is 2. The number of imidazole rings is 1. The molecule has 0 fully saturated rings. The number of benzene rings is 2. The molecular formula is C22H28IN5. The molecule has 6 heteroatoms. The minimum Gasteiger partial charge on any atom is -0.370 e. The van der Waals surface area contributed by atoms with Crippen LogP contribution in [0.15, 0.2) is 66.2 Å². The topological polar surface area (TPSA) is 68.2 Å². The van der Waals surface area contributed by atoms with Crippen molar-refractivity contribution in [2.24, 2.45) is 10.7 Å². The third kappa shape index (κ3) is 5.82. The largest absolute Gasteiger partial charge is 0.370 e. The molecule has 3 rings (SSSR count). The number of para-hydroxylation sites is 1. The number of nitrogens with two attached hydrogens (primary N) is 1. The number of aliphatic imine (C=N–C) groups is 1. The van der Waals surface area contributed by atoms with Gasteiger partial charge in [0.1, 0.15) is 0 Å². The van der Waals surface area contributed by atoms with E-state index in [9.17, 15) is 0 Å². The van der Waals surface area contributed by atoms with Crippen LogP contribution in [0.2, 0.25) is 0 Å². The summed E-state index contributed by atoms with van der Waals surface area (Å²) < 4.78 is 2.05. The van der Waals surface area contributed by atoms with Crippen LogP contribution in [-0.4, -0.2) is 15.5 Å². The Kier molecular flexibility index (Phi) is 8.50. The summed E-state index contributed by atoms with van der Waals surface area (Å²) in [6, 6.07) is 14.8. The Bertz CT molecular complexity index is 881. The van der Waals surface area contributed by atoms with E-state index in [4.69, 9.17) is 5.73 Å². The molecule has 3 aromatic rings. The van der Waals surface area contributed by atoms with E-state index in [-0.39, 0.29) is 24.0 Å². The minimum absolute atomic E-state index is 0. The third-order valence-corrected chi connectivity index (χ3v) is 4.60. The summed E-state index contributed by atoms with van der Waals surface area (Å²) in [7, 11) is 0. The molecular weight excluding hydrogens is 461 g/mol. The fraction of sp³-hybridized carbons (Fsp3) is 0.273. The van der Waals surface area contributed by atoms with E-state index in [0.717, 1.165) is 30.6 Å². The number of aryl methyl sites for hydroxylation is 2. The first kappa shape index (κ1) is 21.9. The van der Waals surface area contributed by atoms with Gasteiger partial charge in [0, 0.05) is 24.6 Å². The zero-order valence-corrected chi connectivity index (χ0v) is 18.8. The summed E-state index contributed by atoms with van der Waals surface area (Å²) in [5.74, 6) is 0.450. The van der Waals surface area contributed by atoms with Crippen molar-refractivity contribution in [3.63, 3.8) is 0 Å². The Morgan fingerprint density at radius 3 is 2.39 bits per heavy atom. The molecule has 1 aromatic heterocycles. The Balaban J connectivity index is 0.00000280. The number of nitrogens with zero attached hydrogens (tertiary/aromatic N) is 3. The van der Waals surface area contributed by atoms with Gasteiger partial charge in [0.25, 0.3) is 0 Å². The maximum absolute atomic E-state index is 6.17. The summed E-state index contributed by atoms with van der Waals surface area (Å²) in [6.45, 7) is 5.65. The number of nitrogens with one attached hydrogen (secondary N) is 1. The monoisotopic (exact) mass is 489 g/mol. The summed E-state index contributed by atoms with van der Waals surface area (Å²) >= 11 is 0. The zero-order chi connectivity index (χ0) is 19.1. The van der Waals surface area contributed by atoms with Gasteiger partial charge in [-0.15, -0.1) is 24.0 Å². The number of anilines is 1. The second kappa shape index (κ2) is 10.8. The molecule has 0 spiro atoms. The number of aromatic nitrogens is 2. The van der Waals surface area contributed by atoms with Crippen molar-refractivity contribution in [1.82, 2.24) is 9.55 Å². The van der Waals surface area contributed by atoms with E-state index in [1.54, 1.807) is 6.20 Å². The van der Waals surface area contributed by atoms with Crippen LogP contribution in [-0.2, 0) is 25.9 Å². The molecule has 0 saturated carbocycles. The van der Waals surface area contributed by atoms with Crippen molar-refractivity contribution in [3.05, 3.63) is 83.4 Å². The minimum atomic E-state index is 0. The highest BCUT2D eigenvalue weighted by atomic mass is 127. The van der Waals surface area contributed by atoms with Crippen LogP contribution < -0.4 is 11.1 Å². The second-order valence-corrected chi connectivity index (χ2v) is 6.54. The lowest BCUT2D eigenvalue weighted by atomic mass is 10.0. The van der Waals surface area contributed by atoms with Gasteiger partial charge in [-0.05, 0) is 35.1 Å². The summed E-state index contributed by atoms with van der Waals surface area (Å²) in [5.41, 5.74) is 12.1. The van der Waals surface area contributed by atoms with Crippen molar-refractivity contribution in [2.45, 2.75) is 39.8 Å². The van der Waals surface area contributed by atoms with Crippen LogP contribution in [0.3, 0.4) is 0 Å². The van der Waals surface area contributed by atoms with Crippen molar-refractivity contribution < 1.29 is 0 Å². The van der Waals surface area contributed by atoms with Crippen LogP contribution in [0.25, 0.3) is 0 Å². The fourth-order valence-electron chi connectivity index (χ4n) is 3.16. The van der Waals surface area contributed by atoms with Crippen molar-refractivity contribution in [2.75, 3.05) is 5.32 Å². The van der Waals surface area contributed by atoms with Gasteiger partial charge >= 0.3 is 0 Å². The van der Waals surface area contributed by atoms with Crippen LogP contribution in [0.4, 0.5) is 5.69 Å². The van der Waals surface area contributed by atoms with Crippen molar-refractivity contribution >= 4 is 35.6 Å². The lowest BCUT2D eigenvalue weighted by Crippen LogP contribution is -2.24. The number of guanidine groups is 1. The normalized spacial score (nSPS) is 11.1. The number of halogens is 1. The van der Waals surface area contributed by atoms with Gasteiger partial charge < -0.3 is 15.6 Å². The number of hydrogen-bond acceptors (Lipinski definition) is 2. The van der Waals surface area contributed by atoms with Crippen LogP contribution in [0.1, 0.15) is 36.1 Å². The van der Waals surface area contributed by atoms with E-state index < -0.39 is 0 Å². The SMILES string of the molecule is CCc1cccc(CC)c1NC(N)=NCc1cccc(Cn2ccnc2)c1.I. The average Bonchev–Trinajstić information content (AvgIpc) is 3.20. The molecule has 3 N–H and O–H groups in total. The highest BCUT2D eigenvalue weighted by molar-refractivity contribution is 14.0. The fourth-order valence-corrected chi connectivity index (χ4v) is 3.16. The van der Waals surface area contributed by atoms with E-state index in [1.165, 1.54) is 16.7 Å². The molecule has 5 nitrogen and oxygen atoms in total. The van der Waals surface area contributed by atoms with Gasteiger partial charge in [-0.2, -0.15) is 0 Å². The Labute approximate surface area is 184 Å². The molecule has 28 heavy (non-hydrogen) atoms. The Morgan fingerprint density at radius 2 is 1.75 bits per heavy atom. The Hall–Kier alpha value is -2.35. The van der Waals surface area contributed by atoms with E-state index in [0.29, 0.717) is 12.5 Å². The molecule has 2 aromatic carbocycles. The first-order valence-corrected chi connectivity index (χ1v) is 9.40. The average molecular weight is 489 g/mol. The van der Waals surface area contributed by atoms with Gasteiger partial charge in [-0.1, -0.05) is 56.3 Å². The zero-order valence-electron chi connectivity index (χ0n) is 16.4. The molecule has 0 aliphatic rings. The quantitative estimate of drug-likeness (QED) is 0.290. The van der Waals surface area contributed by atoms with Gasteiger partial charge in [0.15, 0.2) is 5.96 Å². The van der Waals surface area contributed by atoms with Gasteiger partial charge in [0.2, 0.25) is 0 Å². The molecule has 1 heterocycles. The van der Waals surface area contributed by atoms with E-state index in [2.05, 4.69) is 71.6 Å². The molecule has 0 aliphatic heterocycles. The van der Waals surface area contributed by atoms with Crippen molar-refractivity contribution in [3.8, 4) is 0 Å². The van der Waals surface area contributed by atoms with Crippen LogP contribution in [0.5, 0.6) is 0 Å². The van der Waals surface area contributed by atoms with E-state index >= 15 is 0 Å². The van der Waals surface area contributed by atoms with Gasteiger partial charge in [-0.3, -0.25) is 0 Å². The maximum Gasteiger partial charge on any atom is 0.193 e. The van der Waals surface area contributed by atoms with Crippen LogP contribution in [0, 0.1) is 0 Å². The standard InChI is InChI=1S/C22H27N5.HI/c1-3-19-9-6-10-20(4-2)21(19)26-22(23)25-14-17-7-5-8-18(13-17)15-27-12-11-24-16-27;/h5-13,16H,3-4,14-15H2,1-2H3,(H3,23,25,26);1H. The number of rotatable bonds is 7. The molecule has 0 aliphatic carbocycles. The Morgan fingerprint density at radius 1 is 1.07 bits per heavy atom. The first-order chi connectivity index (χ1) is 13.2. The molecule has 0 amide bonds. The van der Waals surface area contributed by atoms with Gasteiger partial charge in [0.05, 0.1) is 12.9 Å². The molecule has 0 bridgehead atoms. The molecule has 0 atom stereocenters. The van der Waals surface area contributed by atoms with Gasteiger partial charge in [-0.25, -0.2) is 9.98 Å². The summed E-state index contributed by atoms with van der Waals surface area (Å²) in [5, 5.41) is 3.32. The van der Waals surface area contributed by atoms with Crippen LogP contribution >= 0.6 is 24.0 Å². The molecule has 0 unspecified atom stereocenters. The van der Waals surface area contributed by atoms with E-state index in [1.807, 2.05) is 17.1 Å². The summed E-state index contributed by atoms with van der Waals surface area (Å²) in [6.07, 6.45) is 7.49. The summed E-state index contributed by atoms with van der Waals surface area (Å²) in [4.78, 5) is 8.63. The lowest BCUT2D eigenvalue weighted by Gasteiger charge is -2.15. The second-order valence-electron chi connectivity index (χ2n) is 6.54. The first-order valence-electron chi connectivity index (χ1n) is 9.40. The molecule has 0 saturated heterocycles. The van der Waals surface area contributed by atoms with Crippen molar-refractivity contribution in [1.29, 1.82) is 0 Å².